The minimum Gasteiger partial charge on any atom is -0.377 e. The minimum absolute atomic E-state index is 0.0603. The number of rotatable bonds is 5. The quantitative estimate of drug-likeness (QED) is 0.799. The van der Waals surface area contributed by atoms with Crippen LogP contribution in [0.25, 0.3) is 0 Å². The highest BCUT2D eigenvalue weighted by Crippen LogP contribution is 2.28. The van der Waals surface area contributed by atoms with Crippen molar-refractivity contribution in [1.82, 2.24) is 4.90 Å². The molecule has 97 valence electrons. The van der Waals surface area contributed by atoms with E-state index in [1.54, 1.807) is 12.0 Å². The van der Waals surface area contributed by atoms with Gasteiger partial charge in [0.15, 0.2) is 0 Å². The highest BCUT2D eigenvalue weighted by Gasteiger charge is 2.25. The van der Waals surface area contributed by atoms with E-state index in [1.165, 1.54) is 12.0 Å². The van der Waals surface area contributed by atoms with Crippen molar-refractivity contribution in [3.63, 3.8) is 0 Å². The molecule has 1 saturated heterocycles. The lowest BCUT2D eigenvalue weighted by atomic mass is 9.94. The fraction of sp³-hybridized carbons (Fsp3) is 0.533. The zero-order valence-corrected chi connectivity index (χ0v) is 10.8. The molecule has 0 aliphatic carbocycles. The van der Waals surface area contributed by atoms with Crippen molar-refractivity contribution in [1.29, 1.82) is 0 Å². The Balaban J connectivity index is 2.03. The monoisotopic (exact) mass is 246 g/mol. The Hall–Kier alpha value is -1.35. The predicted molar refractivity (Wildman–Crippen MR) is 70.8 cm³/mol. The number of ether oxygens (including phenoxy) is 1. The van der Waals surface area contributed by atoms with E-state index in [1.807, 2.05) is 18.2 Å². The number of nitrogens with zero attached hydrogens (tertiary/aromatic N) is 1. The molecule has 1 aliphatic heterocycles. The van der Waals surface area contributed by atoms with Crippen LogP contribution >= 0.6 is 0 Å². The zero-order valence-electron chi connectivity index (χ0n) is 10.8. The molecule has 0 bridgehead atoms. The molecule has 18 heavy (non-hydrogen) atoms. The Morgan fingerprint density at radius 1 is 1.39 bits per heavy atom. The Morgan fingerprint density at radius 2 is 2.17 bits per heavy atom. The summed E-state index contributed by atoms with van der Waals surface area (Å²) in [4.78, 5) is 12.7. The molecule has 2 atom stereocenters. The van der Waals surface area contributed by atoms with Crippen molar-refractivity contribution in [3.05, 3.63) is 35.9 Å². The maximum atomic E-state index is 10.9. The molecular formula is C15H20NO2. The second kappa shape index (κ2) is 6.55. The van der Waals surface area contributed by atoms with Crippen molar-refractivity contribution in [2.75, 3.05) is 13.7 Å². The molecule has 1 amide bonds. The topological polar surface area (TPSA) is 29.5 Å². The van der Waals surface area contributed by atoms with Gasteiger partial charge in [0.1, 0.15) is 0 Å². The van der Waals surface area contributed by atoms with Crippen LogP contribution < -0.4 is 0 Å². The van der Waals surface area contributed by atoms with Crippen LogP contribution in [0.15, 0.2) is 30.3 Å². The Kier molecular flexibility index (Phi) is 4.76. The number of hydrogen-bond acceptors (Lipinski definition) is 2. The van der Waals surface area contributed by atoms with Gasteiger partial charge in [-0.25, -0.2) is 0 Å². The lowest BCUT2D eigenvalue weighted by Gasteiger charge is -2.34. The maximum Gasteiger partial charge on any atom is 0.312 e. The van der Waals surface area contributed by atoms with Crippen molar-refractivity contribution in [2.45, 2.75) is 37.8 Å². The third-order valence-corrected chi connectivity index (χ3v) is 3.69. The van der Waals surface area contributed by atoms with E-state index in [2.05, 4.69) is 18.5 Å². The molecule has 2 unspecified atom stereocenters. The van der Waals surface area contributed by atoms with E-state index in [0.717, 1.165) is 25.8 Å². The fourth-order valence-electron chi connectivity index (χ4n) is 2.65. The molecule has 1 aliphatic rings. The van der Waals surface area contributed by atoms with Crippen LogP contribution in [0, 0.1) is 0 Å². The average molecular weight is 246 g/mol. The van der Waals surface area contributed by atoms with Gasteiger partial charge < -0.3 is 9.64 Å². The number of benzene rings is 1. The smallest absolute Gasteiger partial charge is 0.312 e. The lowest BCUT2D eigenvalue weighted by molar-refractivity contribution is 0.0650. The van der Waals surface area contributed by atoms with Gasteiger partial charge in [-0.15, -0.1) is 0 Å². The van der Waals surface area contributed by atoms with Crippen molar-refractivity contribution in [3.8, 4) is 0 Å². The highest BCUT2D eigenvalue weighted by atomic mass is 16.5. The van der Waals surface area contributed by atoms with E-state index in [4.69, 9.17) is 4.74 Å². The first-order chi connectivity index (χ1) is 8.85. The fourth-order valence-corrected chi connectivity index (χ4v) is 2.65. The third kappa shape index (κ3) is 3.10. The molecule has 1 fully saturated rings. The molecule has 0 N–H and O–H groups in total. The van der Waals surface area contributed by atoms with Crippen LogP contribution in [-0.4, -0.2) is 31.0 Å². The van der Waals surface area contributed by atoms with Gasteiger partial charge in [0, 0.05) is 19.7 Å². The molecule has 0 saturated carbocycles. The van der Waals surface area contributed by atoms with Gasteiger partial charge >= 0.3 is 6.41 Å². The van der Waals surface area contributed by atoms with E-state index >= 15 is 0 Å². The van der Waals surface area contributed by atoms with E-state index in [9.17, 15) is 4.79 Å². The summed E-state index contributed by atoms with van der Waals surface area (Å²) in [5, 5.41) is 0. The summed E-state index contributed by atoms with van der Waals surface area (Å²) >= 11 is 0. The number of methoxy groups -OCH3 is 1. The third-order valence-electron chi connectivity index (χ3n) is 3.69. The van der Waals surface area contributed by atoms with Crippen molar-refractivity contribution in [2.24, 2.45) is 0 Å². The number of likely N-dealkylation sites (tertiary alicyclic amines) is 1. The number of carbonyl (C=O) groups excluding carboxylic acids is 1. The average Bonchev–Trinajstić information content (AvgIpc) is 2.46. The van der Waals surface area contributed by atoms with E-state index in [-0.39, 0.29) is 12.1 Å². The number of piperidine rings is 1. The van der Waals surface area contributed by atoms with Crippen molar-refractivity contribution >= 4 is 6.41 Å². The molecule has 0 aromatic heterocycles. The summed E-state index contributed by atoms with van der Waals surface area (Å²) in [6, 6.07) is 10.5. The molecule has 2 rings (SSSR count). The Bertz CT molecular complexity index is 366. The minimum atomic E-state index is 0.0603. The second-order valence-electron chi connectivity index (χ2n) is 4.81. The molecule has 3 nitrogen and oxygen atoms in total. The zero-order chi connectivity index (χ0) is 12.8. The molecule has 1 aromatic carbocycles. The molecule has 3 heteroatoms. The Labute approximate surface area is 109 Å². The highest BCUT2D eigenvalue weighted by molar-refractivity contribution is 5.49. The van der Waals surface area contributed by atoms with Crippen LogP contribution in [0.4, 0.5) is 0 Å². The van der Waals surface area contributed by atoms with Gasteiger partial charge in [-0.3, -0.25) is 4.79 Å². The van der Waals surface area contributed by atoms with Gasteiger partial charge in [0.25, 0.3) is 0 Å². The number of hydrogen-bond donors (Lipinski definition) is 0. The molecule has 1 aromatic rings. The standard InChI is InChI=1S/C15H20NO2/c1-18-15(13-7-3-2-4-8-13)11-14-9-5-6-10-16(14)12-17/h2-4,7-8,14-15H,5-6,9-11H2,1H3. The second-order valence-corrected chi connectivity index (χ2v) is 4.81. The maximum absolute atomic E-state index is 10.9. The molecule has 1 heterocycles. The lowest BCUT2D eigenvalue weighted by Crippen LogP contribution is -2.39. The van der Waals surface area contributed by atoms with Gasteiger partial charge in [0.2, 0.25) is 0 Å². The predicted octanol–water partition coefficient (Wildman–Crippen LogP) is 2.69. The van der Waals surface area contributed by atoms with Crippen LogP contribution in [0.2, 0.25) is 0 Å². The summed E-state index contributed by atoms with van der Waals surface area (Å²) < 4.78 is 5.58. The summed E-state index contributed by atoms with van der Waals surface area (Å²) in [5.41, 5.74) is 1.18. The molecule has 1 radical (unpaired) electrons. The van der Waals surface area contributed by atoms with Gasteiger partial charge in [-0.05, 0) is 31.2 Å². The summed E-state index contributed by atoms with van der Waals surface area (Å²) in [6.07, 6.45) is 6.32. The number of amides is 1. The van der Waals surface area contributed by atoms with Gasteiger partial charge in [-0.2, -0.15) is 0 Å². The normalized spacial score (nSPS) is 21.6. The first kappa shape index (κ1) is 13.1. The van der Waals surface area contributed by atoms with E-state index < -0.39 is 0 Å². The first-order valence-corrected chi connectivity index (χ1v) is 6.57. The largest absolute Gasteiger partial charge is 0.377 e. The van der Waals surface area contributed by atoms with Crippen LogP contribution in [-0.2, 0) is 9.53 Å². The summed E-state index contributed by atoms with van der Waals surface area (Å²) in [7, 11) is 1.73. The molecular weight excluding hydrogens is 226 g/mol. The van der Waals surface area contributed by atoms with Crippen LogP contribution in [0.5, 0.6) is 0 Å². The SMILES string of the molecule is COC(CC1CCCCN1[C]=O)c1ccccc1. The van der Waals surface area contributed by atoms with E-state index in [0.29, 0.717) is 0 Å². The van der Waals surface area contributed by atoms with Crippen LogP contribution in [0.1, 0.15) is 37.4 Å². The Morgan fingerprint density at radius 3 is 2.83 bits per heavy atom. The first-order valence-electron chi connectivity index (χ1n) is 6.57. The van der Waals surface area contributed by atoms with Gasteiger partial charge in [-0.1, -0.05) is 30.3 Å². The van der Waals surface area contributed by atoms with Gasteiger partial charge in [0.05, 0.1) is 6.10 Å². The molecule has 0 spiro atoms. The van der Waals surface area contributed by atoms with Crippen molar-refractivity contribution < 1.29 is 9.53 Å². The van der Waals surface area contributed by atoms with Crippen LogP contribution in [0.3, 0.4) is 0 Å². The summed E-state index contributed by atoms with van der Waals surface area (Å²) in [5.74, 6) is 0. The summed E-state index contributed by atoms with van der Waals surface area (Å²) in [6.45, 7) is 0.833.